The van der Waals surface area contributed by atoms with E-state index >= 15 is 0 Å². The molecule has 0 aliphatic heterocycles. The van der Waals surface area contributed by atoms with Crippen LogP contribution in [0.2, 0.25) is 0 Å². The zero-order valence-electron chi connectivity index (χ0n) is 45.2. The molecule has 396 valence electrons. The van der Waals surface area contributed by atoms with E-state index in [9.17, 15) is 14.4 Å². The van der Waals surface area contributed by atoms with Crippen molar-refractivity contribution in [2.75, 3.05) is 13.2 Å². The average Bonchev–Trinajstić information content (AvgIpc) is 3.36. The number of rotatable bonds is 50. The molecule has 0 saturated carbocycles. The number of esters is 3. The largest absolute Gasteiger partial charge is 0.462 e. The molecule has 0 aliphatic carbocycles. The van der Waals surface area contributed by atoms with Gasteiger partial charge < -0.3 is 14.2 Å². The van der Waals surface area contributed by atoms with Crippen molar-refractivity contribution in [2.45, 2.75) is 252 Å². The van der Waals surface area contributed by atoms with Crippen LogP contribution in [-0.2, 0) is 28.6 Å². The van der Waals surface area contributed by atoms with Crippen LogP contribution in [0.15, 0.2) is 122 Å². The molecule has 6 nitrogen and oxygen atoms in total. The van der Waals surface area contributed by atoms with E-state index in [0.29, 0.717) is 19.3 Å². The van der Waals surface area contributed by atoms with Gasteiger partial charge >= 0.3 is 17.9 Å². The van der Waals surface area contributed by atoms with Gasteiger partial charge in [-0.3, -0.25) is 14.4 Å². The van der Waals surface area contributed by atoms with E-state index in [1.165, 1.54) is 57.8 Å². The molecule has 0 bridgehead atoms. The third kappa shape index (κ3) is 54.7. The molecule has 1 atom stereocenters. The number of carbonyl (C=O) groups excluding carboxylic acids is 3. The van der Waals surface area contributed by atoms with Crippen LogP contribution in [0.5, 0.6) is 0 Å². The molecule has 0 amide bonds. The van der Waals surface area contributed by atoms with Crippen LogP contribution in [0.25, 0.3) is 0 Å². The van der Waals surface area contributed by atoms with Crippen LogP contribution < -0.4 is 0 Å². The SMILES string of the molecule is CC/C=C\C/C=C\C/C=C\C/C=C\C/C=C\C/C=C\C/C=C\CCCCCC(=O)OCC(COC(=O)CCCCCCCCCCCCCC)OC(=O)CCCCCCC/C=C\C/C=C\C/C=C\CC. The van der Waals surface area contributed by atoms with E-state index in [4.69, 9.17) is 14.2 Å². The first-order chi connectivity index (χ1) is 34.5. The minimum atomic E-state index is -0.803. The highest BCUT2D eigenvalue weighted by molar-refractivity contribution is 5.71. The Hall–Kier alpha value is -4.19. The molecule has 0 aromatic carbocycles. The first-order valence-corrected chi connectivity index (χ1v) is 28.5. The Bertz CT molecular complexity index is 1490. The second-order valence-electron chi connectivity index (χ2n) is 18.4. The Labute approximate surface area is 431 Å². The minimum absolute atomic E-state index is 0.0970. The lowest BCUT2D eigenvalue weighted by Crippen LogP contribution is -2.30. The van der Waals surface area contributed by atoms with Gasteiger partial charge in [-0.15, -0.1) is 0 Å². The molecule has 6 heteroatoms. The van der Waals surface area contributed by atoms with Crippen molar-refractivity contribution in [1.82, 2.24) is 0 Å². The molecule has 0 aliphatic rings. The quantitative estimate of drug-likeness (QED) is 0.0262. The first kappa shape index (κ1) is 65.8. The standard InChI is InChI=1S/C64H104O6/c1-4-7-10-13-16-19-22-25-27-28-29-30-31-32-33-34-35-36-38-39-42-45-48-51-54-57-63(66)69-60-61(59-68-62(65)56-53-50-47-44-41-24-21-18-15-12-9-6-3)70-64(67)58-55-52-49-46-43-40-37-26-23-20-17-14-11-8-5-2/h7-8,10-11,16-17,19-20,25-27,29-30,32-33,35-37,39,42,61H,4-6,9,12-15,18,21-24,28,31,34,38,40-41,43-60H2,1-3H3/b10-7-,11-8-,19-16-,20-17-,27-25-,30-29-,33-32-,36-35-,37-26-,42-39-. The molecule has 0 radical (unpaired) electrons. The van der Waals surface area contributed by atoms with E-state index in [-0.39, 0.29) is 31.1 Å². The smallest absolute Gasteiger partial charge is 0.306 e. The van der Waals surface area contributed by atoms with Crippen molar-refractivity contribution in [3.8, 4) is 0 Å². The summed E-state index contributed by atoms with van der Waals surface area (Å²) in [6.45, 7) is 6.36. The van der Waals surface area contributed by atoms with Gasteiger partial charge in [0, 0.05) is 19.3 Å². The Morgan fingerprint density at radius 3 is 0.886 bits per heavy atom. The van der Waals surface area contributed by atoms with E-state index in [2.05, 4.69) is 142 Å². The second-order valence-corrected chi connectivity index (χ2v) is 18.4. The van der Waals surface area contributed by atoms with Crippen molar-refractivity contribution in [1.29, 1.82) is 0 Å². The van der Waals surface area contributed by atoms with Crippen molar-refractivity contribution >= 4 is 17.9 Å². The van der Waals surface area contributed by atoms with Gasteiger partial charge in [-0.2, -0.15) is 0 Å². The van der Waals surface area contributed by atoms with Gasteiger partial charge in [-0.1, -0.05) is 239 Å². The van der Waals surface area contributed by atoms with Crippen LogP contribution in [0.4, 0.5) is 0 Å². The first-order valence-electron chi connectivity index (χ1n) is 28.5. The normalized spacial score (nSPS) is 13.0. The summed E-state index contributed by atoms with van der Waals surface area (Å²) in [5.74, 6) is -0.951. The minimum Gasteiger partial charge on any atom is -0.462 e. The second kappa shape index (κ2) is 57.4. The molecule has 0 aromatic rings. The highest BCUT2D eigenvalue weighted by Crippen LogP contribution is 2.14. The highest BCUT2D eigenvalue weighted by Gasteiger charge is 2.19. The van der Waals surface area contributed by atoms with Crippen molar-refractivity contribution in [3.63, 3.8) is 0 Å². The summed E-state index contributed by atoms with van der Waals surface area (Å²) < 4.78 is 16.8. The molecule has 70 heavy (non-hydrogen) atoms. The van der Waals surface area contributed by atoms with E-state index in [0.717, 1.165) is 148 Å². The summed E-state index contributed by atoms with van der Waals surface area (Å²) in [6, 6.07) is 0. The van der Waals surface area contributed by atoms with Crippen LogP contribution >= 0.6 is 0 Å². The van der Waals surface area contributed by atoms with Gasteiger partial charge in [0.2, 0.25) is 0 Å². The number of hydrogen-bond acceptors (Lipinski definition) is 6. The Kier molecular flexibility index (Phi) is 54.0. The predicted molar refractivity (Wildman–Crippen MR) is 302 cm³/mol. The number of ether oxygens (including phenoxy) is 3. The van der Waals surface area contributed by atoms with Gasteiger partial charge in [-0.25, -0.2) is 0 Å². The van der Waals surface area contributed by atoms with Crippen LogP contribution in [-0.4, -0.2) is 37.2 Å². The van der Waals surface area contributed by atoms with Gasteiger partial charge in [0.05, 0.1) is 0 Å². The third-order valence-corrected chi connectivity index (χ3v) is 11.7. The molecule has 0 spiro atoms. The summed E-state index contributed by atoms with van der Waals surface area (Å²) in [5, 5.41) is 0. The number of allylic oxidation sites excluding steroid dienone is 20. The summed E-state index contributed by atoms with van der Waals surface area (Å²) in [5.41, 5.74) is 0. The Balaban J connectivity index is 4.43. The zero-order chi connectivity index (χ0) is 50.7. The topological polar surface area (TPSA) is 78.9 Å². The fourth-order valence-electron chi connectivity index (χ4n) is 7.49. The summed E-state index contributed by atoms with van der Waals surface area (Å²) in [4.78, 5) is 38.1. The molecule has 1 unspecified atom stereocenters. The summed E-state index contributed by atoms with van der Waals surface area (Å²) in [6.07, 6.45) is 79.0. The average molecular weight is 970 g/mol. The zero-order valence-corrected chi connectivity index (χ0v) is 45.2. The summed E-state index contributed by atoms with van der Waals surface area (Å²) >= 11 is 0. The van der Waals surface area contributed by atoms with Gasteiger partial charge in [-0.05, 0) is 109 Å². The summed E-state index contributed by atoms with van der Waals surface area (Å²) in [7, 11) is 0. The predicted octanol–water partition coefficient (Wildman–Crippen LogP) is 19.3. The molecule has 0 heterocycles. The lowest BCUT2D eigenvalue weighted by atomic mass is 10.0. The molecule has 0 saturated heterocycles. The molecule has 0 fully saturated rings. The van der Waals surface area contributed by atoms with E-state index in [1.807, 2.05) is 0 Å². The van der Waals surface area contributed by atoms with Crippen LogP contribution in [0.3, 0.4) is 0 Å². The van der Waals surface area contributed by atoms with Gasteiger partial charge in [0.25, 0.3) is 0 Å². The molecule has 0 rings (SSSR count). The van der Waals surface area contributed by atoms with Gasteiger partial charge in [0.1, 0.15) is 13.2 Å². The van der Waals surface area contributed by atoms with E-state index in [1.54, 1.807) is 0 Å². The van der Waals surface area contributed by atoms with E-state index < -0.39 is 6.10 Å². The number of carbonyl (C=O) groups is 3. The maximum atomic E-state index is 12.8. The maximum absolute atomic E-state index is 12.8. The van der Waals surface area contributed by atoms with Gasteiger partial charge in [0.15, 0.2) is 6.10 Å². The van der Waals surface area contributed by atoms with Crippen LogP contribution in [0, 0.1) is 0 Å². The lowest BCUT2D eigenvalue weighted by Gasteiger charge is -2.18. The lowest BCUT2D eigenvalue weighted by molar-refractivity contribution is -0.167. The Morgan fingerprint density at radius 2 is 0.557 bits per heavy atom. The monoisotopic (exact) mass is 969 g/mol. The fourth-order valence-corrected chi connectivity index (χ4v) is 7.49. The van der Waals surface area contributed by atoms with Crippen molar-refractivity contribution in [2.24, 2.45) is 0 Å². The third-order valence-electron chi connectivity index (χ3n) is 11.7. The van der Waals surface area contributed by atoms with Crippen LogP contribution in [0.1, 0.15) is 245 Å². The van der Waals surface area contributed by atoms with Crippen molar-refractivity contribution < 1.29 is 28.6 Å². The Morgan fingerprint density at radius 1 is 0.300 bits per heavy atom. The molecular weight excluding hydrogens is 865 g/mol. The fraction of sp³-hybridized carbons (Fsp3) is 0.641. The molecular formula is C64H104O6. The van der Waals surface area contributed by atoms with Crippen molar-refractivity contribution in [3.05, 3.63) is 122 Å². The highest BCUT2D eigenvalue weighted by atomic mass is 16.6. The number of hydrogen-bond donors (Lipinski definition) is 0. The maximum Gasteiger partial charge on any atom is 0.306 e. The number of unbranched alkanes of at least 4 members (excludes halogenated alkanes) is 19. The molecule has 0 aromatic heterocycles. The molecule has 0 N–H and O–H groups in total.